The van der Waals surface area contributed by atoms with Crippen molar-refractivity contribution >= 4 is 26.8 Å². The van der Waals surface area contributed by atoms with Crippen LogP contribution in [0.4, 0.5) is 0 Å². The molecule has 2 N–H and O–H groups in total. The average molecular weight is 365 g/mol. The molecule has 1 fully saturated rings. The van der Waals surface area contributed by atoms with Gasteiger partial charge < -0.3 is 15.1 Å². The van der Waals surface area contributed by atoms with Gasteiger partial charge in [-0.1, -0.05) is 12.1 Å². The van der Waals surface area contributed by atoms with Gasteiger partial charge in [-0.25, -0.2) is 13.4 Å². The Morgan fingerprint density at radius 3 is 2.72 bits per heavy atom. The van der Waals surface area contributed by atoms with Gasteiger partial charge in [-0.05, 0) is 44.5 Å². The third-order valence-corrected chi connectivity index (χ3v) is 6.84. The fourth-order valence-electron chi connectivity index (χ4n) is 3.28. The zero-order valence-corrected chi connectivity index (χ0v) is 15.3. The van der Waals surface area contributed by atoms with Crippen molar-refractivity contribution in [3.05, 3.63) is 29.7 Å². The Morgan fingerprint density at radius 2 is 2.08 bits per heavy atom. The minimum absolute atomic E-state index is 0.287. The summed E-state index contributed by atoms with van der Waals surface area (Å²) in [5, 5.41) is 5.86. The molecule has 0 saturated carbocycles. The first-order chi connectivity index (χ1) is 11.8. The van der Waals surface area contributed by atoms with Gasteiger partial charge in [-0.3, -0.25) is 4.79 Å². The number of para-hydroxylation sites is 1. The number of aromatic nitrogens is 1. The van der Waals surface area contributed by atoms with E-state index in [0.29, 0.717) is 43.8 Å². The van der Waals surface area contributed by atoms with Crippen LogP contribution in [0.3, 0.4) is 0 Å². The van der Waals surface area contributed by atoms with Gasteiger partial charge in [-0.2, -0.15) is 0 Å². The molecule has 1 saturated heterocycles. The molecule has 136 valence electrons. The zero-order chi connectivity index (χ0) is 18.1. The van der Waals surface area contributed by atoms with E-state index in [-0.39, 0.29) is 6.54 Å². The van der Waals surface area contributed by atoms with Crippen LogP contribution >= 0.6 is 0 Å². The predicted molar refractivity (Wildman–Crippen MR) is 95.1 cm³/mol. The van der Waals surface area contributed by atoms with Gasteiger partial charge in [0.2, 0.25) is 5.91 Å². The summed E-state index contributed by atoms with van der Waals surface area (Å²) in [5.74, 6) is 0.104. The molecule has 0 atom stereocenters. The van der Waals surface area contributed by atoms with Gasteiger partial charge in [0.05, 0.1) is 0 Å². The predicted octanol–water partition coefficient (Wildman–Crippen LogP) is 0.962. The summed E-state index contributed by atoms with van der Waals surface area (Å²) in [7, 11) is -3.50. The largest absolute Gasteiger partial charge is 0.441 e. The number of nitrogens with one attached hydrogen (secondary N) is 2. The summed E-state index contributed by atoms with van der Waals surface area (Å²) in [5.41, 5.74) is 2.56. The number of hydrogen-bond donors (Lipinski definition) is 2. The van der Waals surface area contributed by atoms with Crippen molar-refractivity contribution in [3.8, 4) is 0 Å². The Morgan fingerprint density at radius 1 is 1.36 bits per heavy atom. The first-order valence-corrected chi connectivity index (χ1v) is 10.3. The number of carbonyl (C=O) groups is 1. The Balaban J connectivity index is 1.67. The molecular formula is C17H23N3O4S. The van der Waals surface area contributed by atoms with Gasteiger partial charge in [0, 0.05) is 19.2 Å². The maximum Gasteiger partial charge on any atom is 0.241 e. The van der Waals surface area contributed by atoms with Crippen LogP contribution in [0, 0.1) is 6.92 Å². The first kappa shape index (κ1) is 17.9. The number of carbonyl (C=O) groups excluding carboxylic acids is 1. The normalized spacial score (nSPS) is 17.5. The number of rotatable bonds is 5. The minimum atomic E-state index is -3.50. The number of oxazole rings is 1. The second kappa shape index (κ2) is 6.76. The summed E-state index contributed by atoms with van der Waals surface area (Å²) in [4.78, 5) is 17.1. The monoisotopic (exact) mass is 365 g/mol. The molecule has 2 heterocycles. The number of benzene rings is 1. The number of sulfone groups is 1. The fraction of sp³-hybridized carbons (Fsp3) is 0.529. The highest BCUT2D eigenvalue weighted by Gasteiger charge is 2.48. The highest BCUT2D eigenvalue weighted by molar-refractivity contribution is 7.92. The molecule has 1 aromatic carbocycles. The highest BCUT2D eigenvalue weighted by Crippen LogP contribution is 2.28. The van der Waals surface area contributed by atoms with Crippen molar-refractivity contribution in [2.24, 2.45) is 0 Å². The van der Waals surface area contributed by atoms with Crippen LogP contribution in [-0.4, -0.2) is 49.9 Å². The van der Waals surface area contributed by atoms with E-state index in [4.69, 9.17) is 4.42 Å². The molecule has 3 rings (SSSR count). The van der Waals surface area contributed by atoms with E-state index in [1.807, 2.05) is 25.1 Å². The van der Waals surface area contributed by atoms with Crippen molar-refractivity contribution in [2.75, 3.05) is 25.9 Å². The molecule has 2 aromatic rings. The lowest BCUT2D eigenvalue weighted by molar-refractivity contribution is -0.124. The summed E-state index contributed by atoms with van der Waals surface area (Å²) in [6.45, 7) is 3.29. The second-order valence-electron chi connectivity index (χ2n) is 6.55. The SMILES string of the molecule is Cc1cccc2oc(CCNC(=O)C3(S(C)(=O)=O)CCNCC3)nc12. The van der Waals surface area contributed by atoms with Crippen LogP contribution in [-0.2, 0) is 21.1 Å². The molecule has 0 spiro atoms. The Kier molecular flexibility index (Phi) is 4.83. The lowest BCUT2D eigenvalue weighted by Crippen LogP contribution is -2.57. The van der Waals surface area contributed by atoms with Crippen LogP contribution in [0.1, 0.15) is 24.3 Å². The third-order valence-electron chi connectivity index (χ3n) is 4.82. The lowest BCUT2D eigenvalue weighted by Gasteiger charge is -2.34. The maximum absolute atomic E-state index is 12.6. The Labute approximate surface area is 147 Å². The minimum Gasteiger partial charge on any atom is -0.441 e. The van der Waals surface area contributed by atoms with Crippen LogP contribution in [0.25, 0.3) is 11.1 Å². The van der Waals surface area contributed by atoms with E-state index in [2.05, 4.69) is 15.6 Å². The lowest BCUT2D eigenvalue weighted by atomic mass is 9.96. The quantitative estimate of drug-likeness (QED) is 0.818. The van der Waals surface area contributed by atoms with Crippen molar-refractivity contribution < 1.29 is 17.6 Å². The molecule has 7 nitrogen and oxygen atoms in total. The average Bonchev–Trinajstić information content (AvgIpc) is 2.99. The highest BCUT2D eigenvalue weighted by atomic mass is 32.2. The second-order valence-corrected chi connectivity index (χ2v) is 8.88. The molecule has 0 unspecified atom stereocenters. The Bertz CT molecular complexity index is 882. The molecule has 1 aliphatic rings. The topological polar surface area (TPSA) is 101 Å². The van der Waals surface area contributed by atoms with Crippen LogP contribution in [0.5, 0.6) is 0 Å². The van der Waals surface area contributed by atoms with Crippen molar-refractivity contribution in [1.82, 2.24) is 15.6 Å². The summed E-state index contributed by atoms with van der Waals surface area (Å²) in [6.07, 6.45) is 2.14. The van der Waals surface area contributed by atoms with E-state index >= 15 is 0 Å². The molecule has 1 aromatic heterocycles. The molecular weight excluding hydrogens is 342 g/mol. The van der Waals surface area contributed by atoms with E-state index < -0.39 is 20.5 Å². The van der Waals surface area contributed by atoms with Crippen molar-refractivity contribution in [2.45, 2.75) is 30.9 Å². The van der Waals surface area contributed by atoms with Gasteiger partial charge in [-0.15, -0.1) is 0 Å². The van der Waals surface area contributed by atoms with Gasteiger partial charge in [0.15, 0.2) is 26.1 Å². The standard InChI is InChI=1S/C17H23N3O4S/c1-12-4-3-5-13-15(12)20-14(24-13)6-9-19-16(21)17(25(2,22)23)7-10-18-11-8-17/h3-5,18H,6-11H2,1-2H3,(H,19,21). The number of hydrogen-bond acceptors (Lipinski definition) is 6. The van der Waals surface area contributed by atoms with E-state index in [1.54, 1.807) is 0 Å². The zero-order valence-electron chi connectivity index (χ0n) is 14.5. The van der Waals surface area contributed by atoms with Crippen LogP contribution in [0.15, 0.2) is 22.6 Å². The molecule has 0 radical (unpaired) electrons. The first-order valence-electron chi connectivity index (χ1n) is 8.37. The third kappa shape index (κ3) is 3.41. The maximum atomic E-state index is 12.6. The van der Waals surface area contributed by atoms with Crippen molar-refractivity contribution in [3.63, 3.8) is 0 Å². The van der Waals surface area contributed by atoms with Gasteiger partial charge in [0.1, 0.15) is 5.52 Å². The van der Waals surface area contributed by atoms with Crippen molar-refractivity contribution in [1.29, 1.82) is 0 Å². The molecule has 0 bridgehead atoms. The van der Waals surface area contributed by atoms with Gasteiger partial charge >= 0.3 is 0 Å². The summed E-state index contributed by atoms with van der Waals surface area (Å²) in [6, 6.07) is 5.72. The molecule has 0 aliphatic carbocycles. The van der Waals surface area contributed by atoms with Crippen LogP contribution in [0.2, 0.25) is 0 Å². The smallest absolute Gasteiger partial charge is 0.241 e. The van der Waals surface area contributed by atoms with Crippen LogP contribution < -0.4 is 10.6 Å². The number of nitrogens with zero attached hydrogens (tertiary/aromatic N) is 1. The van der Waals surface area contributed by atoms with Gasteiger partial charge in [0.25, 0.3) is 0 Å². The molecule has 1 amide bonds. The van der Waals surface area contributed by atoms with E-state index in [1.165, 1.54) is 0 Å². The molecule has 25 heavy (non-hydrogen) atoms. The molecule has 1 aliphatic heterocycles. The number of amides is 1. The molecule has 8 heteroatoms. The van der Waals surface area contributed by atoms with E-state index in [0.717, 1.165) is 17.3 Å². The summed E-state index contributed by atoms with van der Waals surface area (Å²) < 4.78 is 28.8. The Hall–Kier alpha value is -1.93. The van der Waals surface area contributed by atoms with E-state index in [9.17, 15) is 13.2 Å². The number of fused-ring (bicyclic) bond motifs is 1. The fourth-order valence-corrected chi connectivity index (χ4v) is 4.63. The summed E-state index contributed by atoms with van der Waals surface area (Å²) >= 11 is 0. The number of aryl methyl sites for hydroxylation is 1. The number of piperidine rings is 1.